The van der Waals surface area contributed by atoms with Gasteiger partial charge in [0.25, 0.3) is 0 Å². The minimum atomic E-state index is -4.60. The third-order valence-corrected chi connectivity index (χ3v) is 4.98. The van der Waals surface area contributed by atoms with Crippen LogP contribution in [-0.2, 0) is 6.18 Å². The highest BCUT2D eigenvalue weighted by Gasteiger charge is 2.31. The molecule has 0 aliphatic carbocycles. The van der Waals surface area contributed by atoms with Crippen molar-refractivity contribution >= 4 is 0 Å². The maximum absolute atomic E-state index is 13.9. The largest absolute Gasteiger partial charge is 0.416 e. The van der Waals surface area contributed by atoms with Crippen LogP contribution in [0, 0.1) is 12.7 Å². The number of hydrogen-bond acceptors (Lipinski definition) is 1. The zero-order chi connectivity index (χ0) is 20.5. The molecule has 2 nitrogen and oxygen atoms in total. The minimum Gasteiger partial charge on any atom is -0.240 e. The fourth-order valence-electron chi connectivity index (χ4n) is 3.46. The van der Waals surface area contributed by atoms with Gasteiger partial charge in [-0.1, -0.05) is 26.0 Å². The standard InChI is InChI=1S/C22H22F4N2/c1-4-15(5-2)20-7-6-16(12-21(20)28-9-8-14(3)27-28)17-10-18(22(24,25)26)13-19(23)11-17/h6-13,15H,4-5H2,1-3H3. The lowest BCUT2D eigenvalue weighted by Crippen LogP contribution is -2.07. The van der Waals surface area contributed by atoms with Crippen molar-refractivity contribution in [2.75, 3.05) is 0 Å². The number of halogens is 4. The van der Waals surface area contributed by atoms with Crippen molar-refractivity contribution < 1.29 is 17.6 Å². The Hall–Kier alpha value is -2.63. The van der Waals surface area contributed by atoms with Gasteiger partial charge in [-0.25, -0.2) is 9.07 Å². The van der Waals surface area contributed by atoms with Gasteiger partial charge in [-0.3, -0.25) is 0 Å². The smallest absolute Gasteiger partial charge is 0.240 e. The Balaban J connectivity index is 2.18. The van der Waals surface area contributed by atoms with E-state index < -0.39 is 17.6 Å². The maximum Gasteiger partial charge on any atom is 0.416 e. The Kier molecular flexibility index (Phi) is 5.59. The molecule has 3 aromatic rings. The summed E-state index contributed by atoms with van der Waals surface area (Å²) in [4.78, 5) is 0. The molecule has 1 aromatic heterocycles. The van der Waals surface area contributed by atoms with Crippen molar-refractivity contribution in [3.63, 3.8) is 0 Å². The molecule has 1 heterocycles. The molecular weight excluding hydrogens is 368 g/mol. The number of alkyl halides is 3. The van der Waals surface area contributed by atoms with Gasteiger partial charge in [0.15, 0.2) is 0 Å². The molecule has 0 N–H and O–H groups in total. The number of aromatic nitrogens is 2. The van der Waals surface area contributed by atoms with Crippen molar-refractivity contribution in [1.29, 1.82) is 0 Å². The molecule has 6 heteroatoms. The topological polar surface area (TPSA) is 17.8 Å². The molecule has 0 radical (unpaired) electrons. The molecule has 0 aliphatic heterocycles. The average molecular weight is 390 g/mol. The van der Waals surface area contributed by atoms with Gasteiger partial charge in [-0.2, -0.15) is 18.3 Å². The number of aryl methyl sites for hydroxylation is 1. The third-order valence-electron chi connectivity index (χ3n) is 4.98. The van der Waals surface area contributed by atoms with Crippen LogP contribution in [0.25, 0.3) is 16.8 Å². The number of benzene rings is 2. The Morgan fingerprint density at radius 3 is 2.25 bits per heavy atom. The van der Waals surface area contributed by atoms with Crippen molar-refractivity contribution in [3.05, 3.63) is 71.3 Å². The molecule has 0 amide bonds. The highest BCUT2D eigenvalue weighted by atomic mass is 19.4. The van der Waals surface area contributed by atoms with E-state index in [2.05, 4.69) is 18.9 Å². The average Bonchev–Trinajstić information content (AvgIpc) is 3.08. The lowest BCUT2D eigenvalue weighted by atomic mass is 9.90. The third kappa shape index (κ3) is 4.11. The summed E-state index contributed by atoms with van der Waals surface area (Å²) < 4.78 is 54.9. The van der Waals surface area contributed by atoms with E-state index in [1.54, 1.807) is 16.8 Å². The van der Waals surface area contributed by atoms with Gasteiger partial charge in [-0.05, 0) is 72.7 Å². The van der Waals surface area contributed by atoms with Gasteiger partial charge in [0.05, 0.1) is 16.9 Å². The molecular formula is C22H22F4N2. The van der Waals surface area contributed by atoms with E-state index in [1.165, 1.54) is 0 Å². The van der Waals surface area contributed by atoms with Crippen LogP contribution >= 0.6 is 0 Å². The van der Waals surface area contributed by atoms with E-state index >= 15 is 0 Å². The summed E-state index contributed by atoms with van der Waals surface area (Å²) in [6.07, 6.45) is -0.913. The monoisotopic (exact) mass is 390 g/mol. The summed E-state index contributed by atoms with van der Waals surface area (Å²) in [6, 6.07) is 9.94. The SMILES string of the molecule is CCC(CC)c1ccc(-c2cc(F)cc(C(F)(F)F)c2)cc1-n1ccc(C)n1. The van der Waals surface area contributed by atoms with E-state index in [0.29, 0.717) is 17.5 Å². The van der Waals surface area contributed by atoms with Crippen LogP contribution in [0.1, 0.15) is 49.4 Å². The molecule has 28 heavy (non-hydrogen) atoms. The summed E-state index contributed by atoms with van der Waals surface area (Å²) in [5, 5.41) is 4.46. The lowest BCUT2D eigenvalue weighted by Gasteiger charge is -2.19. The molecule has 0 saturated heterocycles. The quantitative estimate of drug-likeness (QED) is 0.433. The van der Waals surface area contributed by atoms with Gasteiger partial charge in [0, 0.05) is 6.20 Å². The van der Waals surface area contributed by atoms with Crippen LogP contribution in [-0.4, -0.2) is 9.78 Å². The number of hydrogen-bond donors (Lipinski definition) is 0. The Bertz CT molecular complexity index is 969. The Morgan fingerprint density at radius 2 is 1.68 bits per heavy atom. The van der Waals surface area contributed by atoms with Crippen molar-refractivity contribution in [3.8, 4) is 16.8 Å². The molecule has 0 spiro atoms. The highest BCUT2D eigenvalue weighted by molar-refractivity contribution is 5.68. The summed E-state index contributed by atoms with van der Waals surface area (Å²) in [5.41, 5.74) is 2.42. The van der Waals surface area contributed by atoms with Crippen molar-refractivity contribution in [2.45, 2.75) is 45.7 Å². The molecule has 148 valence electrons. The molecule has 0 aliphatic rings. The lowest BCUT2D eigenvalue weighted by molar-refractivity contribution is -0.137. The first-order valence-corrected chi connectivity index (χ1v) is 9.27. The summed E-state index contributed by atoms with van der Waals surface area (Å²) in [6.45, 7) is 6.07. The van der Waals surface area contributed by atoms with Crippen molar-refractivity contribution in [2.24, 2.45) is 0 Å². The molecule has 0 fully saturated rings. The second-order valence-electron chi connectivity index (χ2n) is 6.92. The van der Waals surface area contributed by atoms with Crippen LogP contribution in [0.5, 0.6) is 0 Å². The molecule has 0 saturated carbocycles. The summed E-state index contributed by atoms with van der Waals surface area (Å²) in [7, 11) is 0. The normalized spacial score (nSPS) is 12.0. The molecule has 2 aromatic carbocycles. The number of rotatable bonds is 5. The molecule has 3 rings (SSSR count). The first-order valence-electron chi connectivity index (χ1n) is 9.27. The minimum absolute atomic E-state index is 0.188. The fraction of sp³-hybridized carbons (Fsp3) is 0.318. The van der Waals surface area contributed by atoms with Crippen LogP contribution in [0.2, 0.25) is 0 Å². The van der Waals surface area contributed by atoms with E-state index in [-0.39, 0.29) is 5.56 Å². The van der Waals surface area contributed by atoms with Gasteiger partial charge in [0.1, 0.15) is 5.82 Å². The van der Waals surface area contributed by atoms with Gasteiger partial charge in [-0.15, -0.1) is 0 Å². The maximum atomic E-state index is 13.9. The van der Waals surface area contributed by atoms with Crippen LogP contribution in [0.4, 0.5) is 17.6 Å². The number of nitrogens with zero attached hydrogens (tertiary/aromatic N) is 2. The zero-order valence-corrected chi connectivity index (χ0v) is 16.0. The Morgan fingerprint density at radius 1 is 0.964 bits per heavy atom. The van der Waals surface area contributed by atoms with Crippen LogP contribution in [0.15, 0.2) is 48.7 Å². The first-order chi connectivity index (χ1) is 13.2. The predicted molar refractivity (Wildman–Crippen MR) is 102 cm³/mol. The van der Waals surface area contributed by atoms with E-state index in [1.807, 2.05) is 25.3 Å². The summed E-state index contributed by atoms with van der Waals surface area (Å²) in [5.74, 6) is -0.614. The summed E-state index contributed by atoms with van der Waals surface area (Å²) >= 11 is 0. The van der Waals surface area contributed by atoms with Gasteiger partial charge >= 0.3 is 6.18 Å². The van der Waals surface area contributed by atoms with Gasteiger partial charge < -0.3 is 0 Å². The first kappa shape index (κ1) is 20.1. The van der Waals surface area contributed by atoms with Crippen LogP contribution < -0.4 is 0 Å². The molecule has 0 unspecified atom stereocenters. The fourth-order valence-corrected chi connectivity index (χ4v) is 3.46. The second-order valence-corrected chi connectivity index (χ2v) is 6.92. The molecule has 0 bridgehead atoms. The zero-order valence-electron chi connectivity index (χ0n) is 16.0. The highest BCUT2D eigenvalue weighted by Crippen LogP contribution is 2.36. The van der Waals surface area contributed by atoms with E-state index in [9.17, 15) is 17.6 Å². The van der Waals surface area contributed by atoms with Gasteiger partial charge in [0.2, 0.25) is 0 Å². The predicted octanol–water partition coefficient (Wildman–Crippen LogP) is 6.91. The van der Waals surface area contributed by atoms with E-state index in [4.69, 9.17) is 0 Å². The molecule has 0 atom stereocenters. The van der Waals surface area contributed by atoms with Crippen molar-refractivity contribution in [1.82, 2.24) is 9.78 Å². The van der Waals surface area contributed by atoms with Crippen LogP contribution in [0.3, 0.4) is 0 Å². The Labute approximate surface area is 161 Å². The van der Waals surface area contributed by atoms with E-state index in [0.717, 1.165) is 41.9 Å². The second kappa shape index (κ2) is 7.78.